The molecule has 2 aromatic rings. The van der Waals surface area contributed by atoms with Crippen LogP contribution in [0.4, 0.5) is 5.82 Å². The molecule has 0 bridgehead atoms. The van der Waals surface area contributed by atoms with Crippen LogP contribution in [0.2, 0.25) is 0 Å². The molecule has 0 radical (unpaired) electrons. The molecule has 0 saturated carbocycles. The van der Waals surface area contributed by atoms with Crippen LogP contribution in [-0.2, 0) is 7.05 Å². The van der Waals surface area contributed by atoms with Gasteiger partial charge in [0.1, 0.15) is 11.6 Å². The van der Waals surface area contributed by atoms with E-state index in [0.29, 0.717) is 5.92 Å². The Balaban J connectivity index is 1.52. The molecule has 0 amide bonds. The minimum atomic E-state index is -0.0199. The topological polar surface area (TPSA) is 60.2 Å². The highest BCUT2D eigenvalue weighted by molar-refractivity contribution is 5.37. The fourth-order valence-electron chi connectivity index (χ4n) is 2.78. The van der Waals surface area contributed by atoms with Gasteiger partial charge in [-0.1, -0.05) is 0 Å². The first-order valence-corrected chi connectivity index (χ1v) is 7.95. The lowest BCUT2D eigenvalue weighted by molar-refractivity contribution is 0.222. The molecule has 6 nitrogen and oxygen atoms in total. The van der Waals surface area contributed by atoms with Gasteiger partial charge in [0.15, 0.2) is 0 Å². The lowest BCUT2D eigenvalue weighted by Crippen LogP contribution is -2.37. The minimum Gasteiger partial charge on any atom is -0.493 e. The van der Waals surface area contributed by atoms with Gasteiger partial charge in [0.25, 0.3) is 5.56 Å². The van der Waals surface area contributed by atoms with E-state index < -0.39 is 0 Å². The summed E-state index contributed by atoms with van der Waals surface area (Å²) in [5.41, 5.74) is 0.947. The maximum absolute atomic E-state index is 11.7. The highest BCUT2D eigenvalue weighted by atomic mass is 16.5. The normalized spacial score (nSPS) is 15.7. The van der Waals surface area contributed by atoms with Crippen molar-refractivity contribution in [3.8, 4) is 5.75 Å². The molecular formula is C17H22N4O2. The highest BCUT2D eigenvalue weighted by Gasteiger charge is 2.21. The van der Waals surface area contributed by atoms with Crippen molar-refractivity contribution in [3.05, 3.63) is 46.8 Å². The van der Waals surface area contributed by atoms with E-state index in [2.05, 4.69) is 14.9 Å². The predicted octanol–water partition coefficient (Wildman–Crippen LogP) is 1.78. The van der Waals surface area contributed by atoms with Crippen molar-refractivity contribution >= 4 is 5.82 Å². The molecule has 1 fully saturated rings. The molecule has 1 aliphatic heterocycles. The summed E-state index contributed by atoms with van der Waals surface area (Å²) < 4.78 is 7.36. The zero-order valence-corrected chi connectivity index (χ0v) is 13.6. The van der Waals surface area contributed by atoms with Crippen molar-refractivity contribution in [1.82, 2.24) is 14.5 Å². The summed E-state index contributed by atoms with van der Waals surface area (Å²) in [6.07, 6.45) is 5.44. The zero-order valence-electron chi connectivity index (χ0n) is 13.6. The van der Waals surface area contributed by atoms with Crippen molar-refractivity contribution in [2.24, 2.45) is 13.0 Å². The quantitative estimate of drug-likeness (QED) is 0.861. The van der Waals surface area contributed by atoms with Crippen LogP contribution in [0, 0.1) is 12.8 Å². The van der Waals surface area contributed by atoms with Crippen LogP contribution in [0.25, 0.3) is 0 Å². The molecule has 1 aliphatic rings. The average molecular weight is 314 g/mol. The summed E-state index contributed by atoms with van der Waals surface area (Å²) in [6.45, 7) is 4.50. The molecule has 23 heavy (non-hydrogen) atoms. The average Bonchev–Trinajstić information content (AvgIpc) is 2.56. The van der Waals surface area contributed by atoms with E-state index in [1.807, 2.05) is 19.1 Å². The van der Waals surface area contributed by atoms with Gasteiger partial charge in [-0.05, 0) is 31.7 Å². The van der Waals surface area contributed by atoms with Crippen LogP contribution in [0.3, 0.4) is 0 Å². The van der Waals surface area contributed by atoms with Crippen LogP contribution in [0.15, 0.2) is 35.5 Å². The second-order valence-corrected chi connectivity index (χ2v) is 6.07. The number of piperidine rings is 1. The van der Waals surface area contributed by atoms with Crippen LogP contribution in [0.5, 0.6) is 5.75 Å². The monoisotopic (exact) mass is 314 g/mol. The maximum Gasteiger partial charge on any atom is 0.255 e. The maximum atomic E-state index is 11.7. The van der Waals surface area contributed by atoms with Gasteiger partial charge in [0, 0.05) is 44.2 Å². The van der Waals surface area contributed by atoms with Gasteiger partial charge in [0.05, 0.1) is 12.9 Å². The Morgan fingerprint density at radius 3 is 2.74 bits per heavy atom. The Labute approximate surface area is 135 Å². The molecule has 0 spiro atoms. The van der Waals surface area contributed by atoms with Gasteiger partial charge in [0.2, 0.25) is 0 Å². The first kappa shape index (κ1) is 15.5. The summed E-state index contributed by atoms with van der Waals surface area (Å²) in [6, 6.07) is 5.46. The lowest BCUT2D eigenvalue weighted by Gasteiger charge is -2.32. The first-order valence-electron chi connectivity index (χ1n) is 7.95. The van der Waals surface area contributed by atoms with Crippen LogP contribution in [0.1, 0.15) is 18.5 Å². The van der Waals surface area contributed by atoms with Crippen LogP contribution in [-0.4, -0.2) is 34.2 Å². The molecule has 6 heteroatoms. The summed E-state index contributed by atoms with van der Waals surface area (Å²) >= 11 is 0. The van der Waals surface area contributed by atoms with E-state index in [1.165, 1.54) is 4.57 Å². The van der Waals surface area contributed by atoms with E-state index in [4.69, 9.17) is 4.74 Å². The number of aryl methyl sites for hydroxylation is 2. The lowest BCUT2D eigenvalue weighted by atomic mass is 9.98. The summed E-state index contributed by atoms with van der Waals surface area (Å²) in [5, 5.41) is 0. The second kappa shape index (κ2) is 6.81. The van der Waals surface area contributed by atoms with E-state index in [9.17, 15) is 4.79 Å². The van der Waals surface area contributed by atoms with Crippen molar-refractivity contribution in [2.75, 3.05) is 24.6 Å². The Hall–Kier alpha value is -2.37. The number of nitrogens with zero attached hydrogens (tertiary/aromatic N) is 4. The summed E-state index contributed by atoms with van der Waals surface area (Å²) in [5.74, 6) is 2.19. The predicted molar refractivity (Wildman–Crippen MR) is 88.9 cm³/mol. The Morgan fingerprint density at radius 2 is 2.04 bits per heavy atom. The first-order chi connectivity index (χ1) is 11.1. The largest absolute Gasteiger partial charge is 0.493 e. The van der Waals surface area contributed by atoms with Crippen molar-refractivity contribution in [1.29, 1.82) is 0 Å². The molecule has 3 rings (SSSR count). The fraction of sp³-hybridized carbons (Fsp3) is 0.471. The molecule has 0 unspecified atom stereocenters. The summed E-state index contributed by atoms with van der Waals surface area (Å²) in [7, 11) is 1.71. The molecule has 2 aromatic heterocycles. The van der Waals surface area contributed by atoms with E-state index in [-0.39, 0.29) is 5.56 Å². The van der Waals surface area contributed by atoms with E-state index in [1.54, 1.807) is 25.6 Å². The Bertz CT molecular complexity index is 721. The van der Waals surface area contributed by atoms with Gasteiger partial charge in [-0.3, -0.25) is 9.78 Å². The Kier molecular flexibility index (Phi) is 4.60. The van der Waals surface area contributed by atoms with Crippen molar-refractivity contribution < 1.29 is 4.74 Å². The van der Waals surface area contributed by atoms with E-state index >= 15 is 0 Å². The molecule has 122 valence electrons. The van der Waals surface area contributed by atoms with Gasteiger partial charge in [-0.2, -0.15) is 0 Å². The number of rotatable bonds is 4. The fourth-order valence-corrected chi connectivity index (χ4v) is 2.78. The molecule has 0 aliphatic carbocycles. The third-order valence-electron chi connectivity index (χ3n) is 4.26. The number of pyridine rings is 1. The molecule has 3 heterocycles. The Morgan fingerprint density at radius 1 is 1.26 bits per heavy atom. The number of aromatic nitrogens is 3. The third-order valence-corrected chi connectivity index (χ3v) is 4.26. The standard InChI is InChI=1S/C17H22N4O2/c1-13-9-15(3-6-18-13)23-11-14-4-7-21(8-5-14)16-10-17(22)20(2)12-19-16/h3,6,9-10,12,14H,4-5,7-8,11H2,1-2H3. The number of hydrogen-bond donors (Lipinski definition) is 0. The second-order valence-electron chi connectivity index (χ2n) is 6.07. The molecular weight excluding hydrogens is 292 g/mol. The van der Waals surface area contributed by atoms with Crippen molar-refractivity contribution in [2.45, 2.75) is 19.8 Å². The van der Waals surface area contributed by atoms with Crippen molar-refractivity contribution in [3.63, 3.8) is 0 Å². The van der Waals surface area contributed by atoms with Gasteiger partial charge in [-0.15, -0.1) is 0 Å². The highest BCUT2D eigenvalue weighted by Crippen LogP contribution is 2.22. The molecule has 1 saturated heterocycles. The smallest absolute Gasteiger partial charge is 0.255 e. The van der Waals surface area contributed by atoms with Crippen LogP contribution < -0.4 is 15.2 Å². The third kappa shape index (κ3) is 3.88. The number of ether oxygens (including phenoxy) is 1. The number of anilines is 1. The zero-order chi connectivity index (χ0) is 16.2. The number of hydrogen-bond acceptors (Lipinski definition) is 5. The van der Waals surface area contributed by atoms with Crippen LogP contribution >= 0.6 is 0 Å². The molecule has 0 N–H and O–H groups in total. The van der Waals surface area contributed by atoms with Gasteiger partial charge < -0.3 is 14.2 Å². The molecule has 0 aromatic carbocycles. The van der Waals surface area contributed by atoms with E-state index in [0.717, 1.165) is 49.8 Å². The van der Waals surface area contributed by atoms with Gasteiger partial charge >= 0.3 is 0 Å². The van der Waals surface area contributed by atoms with Gasteiger partial charge in [-0.25, -0.2) is 4.98 Å². The summed E-state index contributed by atoms with van der Waals surface area (Å²) in [4.78, 5) is 22.4. The molecule has 0 atom stereocenters. The SMILES string of the molecule is Cc1cc(OCC2CCN(c3cc(=O)n(C)cn3)CC2)ccn1. The minimum absolute atomic E-state index is 0.0199.